The first-order chi connectivity index (χ1) is 13.5. The minimum Gasteiger partial charge on any atom is -0.493 e. The summed E-state index contributed by atoms with van der Waals surface area (Å²) in [5.41, 5.74) is 7.48. The van der Waals surface area contributed by atoms with E-state index in [1.165, 1.54) is 0 Å². The van der Waals surface area contributed by atoms with Crippen molar-refractivity contribution in [3.63, 3.8) is 0 Å². The summed E-state index contributed by atoms with van der Waals surface area (Å²) in [7, 11) is 1.54. The number of nitrogens with two attached hydrogens (primary N) is 1. The van der Waals surface area contributed by atoms with E-state index in [0.717, 1.165) is 5.56 Å². The first-order valence-electron chi connectivity index (χ1n) is 8.88. The summed E-state index contributed by atoms with van der Waals surface area (Å²) in [5.74, 6) is 2.04. The summed E-state index contributed by atoms with van der Waals surface area (Å²) in [6.45, 7) is 4.16. The standard InChI is InChI=1S/C20H23N5O3/c1-12(2)28-16-9-6-14(10-17(16)27-3)20(26)22-15-7-4-13(5-8-15)19-23-18(11-21)24-25-19/h4-10,12H,11,21H2,1-3H3,(H,22,26)(H,23,24,25). The topological polar surface area (TPSA) is 115 Å². The number of ether oxygens (including phenoxy) is 2. The zero-order valence-corrected chi connectivity index (χ0v) is 16.0. The van der Waals surface area contributed by atoms with Gasteiger partial charge < -0.3 is 20.5 Å². The SMILES string of the molecule is COc1cc(C(=O)Nc2ccc(-c3n[nH]c(CN)n3)cc2)ccc1OC(C)C. The highest BCUT2D eigenvalue weighted by atomic mass is 16.5. The molecular formula is C20H23N5O3. The molecule has 0 spiro atoms. The summed E-state index contributed by atoms with van der Waals surface area (Å²) in [5, 5.41) is 9.75. The molecule has 2 aromatic carbocycles. The normalized spacial score (nSPS) is 10.8. The molecule has 4 N–H and O–H groups in total. The summed E-state index contributed by atoms with van der Waals surface area (Å²) >= 11 is 0. The molecule has 1 heterocycles. The number of hydrogen-bond donors (Lipinski definition) is 3. The van der Waals surface area contributed by atoms with E-state index < -0.39 is 0 Å². The zero-order valence-electron chi connectivity index (χ0n) is 16.0. The number of amides is 1. The van der Waals surface area contributed by atoms with Gasteiger partial charge in [0.25, 0.3) is 5.91 Å². The lowest BCUT2D eigenvalue weighted by atomic mass is 10.1. The van der Waals surface area contributed by atoms with Crippen LogP contribution < -0.4 is 20.5 Å². The second-order valence-corrected chi connectivity index (χ2v) is 6.37. The third-order valence-corrected chi connectivity index (χ3v) is 3.91. The largest absolute Gasteiger partial charge is 0.493 e. The molecule has 0 unspecified atom stereocenters. The van der Waals surface area contributed by atoms with Crippen LogP contribution in [0.3, 0.4) is 0 Å². The van der Waals surface area contributed by atoms with Crippen LogP contribution in [-0.4, -0.2) is 34.3 Å². The van der Waals surface area contributed by atoms with Gasteiger partial charge in [-0.15, -0.1) is 0 Å². The highest BCUT2D eigenvalue weighted by Gasteiger charge is 2.13. The Morgan fingerprint density at radius 3 is 2.54 bits per heavy atom. The molecule has 1 amide bonds. The Morgan fingerprint density at radius 1 is 1.18 bits per heavy atom. The van der Waals surface area contributed by atoms with Crippen LogP contribution in [0.25, 0.3) is 11.4 Å². The molecule has 1 aromatic heterocycles. The highest BCUT2D eigenvalue weighted by molar-refractivity contribution is 6.04. The van der Waals surface area contributed by atoms with E-state index in [-0.39, 0.29) is 12.0 Å². The summed E-state index contributed by atoms with van der Waals surface area (Å²) in [6, 6.07) is 12.3. The molecule has 28 heavy (non-hydrogen) atoms. The van der Waals surface area contributed by atoms with Crippen LogP contribution in [0.5, 0.6) is 11.5 Å². The van der Waals surface area contributed by atoms with Crippen molar-refractivity contribution in [3.8, 4) is 22.9 Å². The van der Waals surface area contributed by atoms with Crippen molar-refractivity contribution in [1.82, 2.24) is 15.2 Å². The van der Waals surface area contributed by atoms with E-state index in [2.05, 4.69) is 20.5 Å². The number of benzene rings is 2. The third kappa shape index (κ3) is 4.47. The molecule has 0 fully saturated rings. The predicted molar refractivity (Wildman–Crippen MR) is 106 cm³/mol. The number of carbonyl (C=O) groups excluding carboxylic acids is 1. The number of H-pyrrole nitrogens is 1. The van der Waals surface area contributed by atoms with Gasteiger partial charge in [-0.1, -0.05) is 0 Å². The number of carbonyl (C=O) groups is 1. The van der Waals surface area contributed by atoms with Gasteiger partial charge in [0.2, 0.25) is 0 Å². The molecule has 0 aliphatic rings. The molecule has 0 saturated carbocycles. The fraction of sp³-hybridized carbons (Fsp3) is 0.250. The fourth-order valence-electron chi connectivity index (χ4n) is 2.58. The van der Waals surface area contributed by atoms with Gasteiger partial charge >= 0.3 is 0 Å². The minimum absolute atomic E-state index is 0.0111. The molecule has 0 saturated heterocycles. The highest BCUT2D eigenvalue weighted by Crippen LogP contribution is 2.29. The number of anilines is 1. The Morgan fingerprint density at radius 2 is 1.93 bits per heavy atom. The van der Waals surface area contributed by atoms with Crippen molar-refractivity contribution in [3.05, 3.63) is 53.9 Å². The molecule has 8 heteroatoms. The Bertz CT molecular complexity index is 951. The molecule has 3 rings (SSSR count). The van der Waals surface area contributed by atoms with Gasteiger partial charge in [0.15, 0.2) is 17.3 Å². The van der Waals surface area contributed by atoms with Crippen molar-refractivity contribution in [2.45, 2.75) is 26.5 Å². The molecule has 0 aliphatic heterocycles. The van der Waals surface area contributed by atoms with Gasteiger partial charge in [0.1, 0.15) is 5.82 Å². The molecule has 8 nitrogen and oxygen atoms in total. The van der Waals surface area contributed by atoms with Gasteiger partial charge in [0, 0.05) is 16.8 Å². The number of aromatic amines is 1. The van der Waals surface area contributed by atoms with Crippen LogP contribution in [0.4, 0.5) is 5.69 Å². The second kappa shape index (κ2) is 8.53. The quantitative estimate of drug-likeness (QED) is 0.579. The number of nitrogens with one attached hydrogen (secondary N) is 2. The Hall–Kier alpha value is -3.39. The molecule has 0 bridgehead atoms. The number of rotatable bonds is 7. The molecule has 3 aromatic rings. The first kappa shape index (κ1) is 19.4. The first-order valence-corrected chi connectivity index (χ1v) is 8.88. The summed E-state index contributed by atoms with van der Waals surface area (Å²) < 4.78 is 11.0. The van der Waals surface area contributed by atoms with Crippen molar-refractivity contribution in [2.75, 3.05) is 12.4 Å². The van der Waals surface area contributed by atoms with Crippen molar-refractivity contribution < 1.29 is 14.3 Å². The smallest absolute Gasteiger partial charge is 0.255 e. The van der Waals surface area contributed by atoms with Gasteiger partial charge in [-0.3, -0.25) is 9.89 Å². The van der Waals surface area contributed by atoms with E-state index in [9.17, 15) is 4.79 Å². The summed E-state index contributed by atoms with van der Waals surface area (Å²) in [4.78, 5) is 16.8. The molecule has 0 aliphatic carbocycles. The number of methoxy groups -OCH3 is 1. The maximum atomic E-state index is 12.6. The Labute approximate surface area is 163 Å². The van der Waals surface area contributed by atoms with Gasteiger partial charge in [-0.25, -0.2) is 4.98 Å². The van der Waals surface area contributed by atoms with Crippen molar-refractivity contribution in [2.24, 2.45) is 5.73 Å². The third-order valence-electron chi connectivity index (χ3n) is 3.91. The maximum Gasteiger partial charge on any atom is 0.255 e. The lowest BCUT2D eigenvalue weighted by Gasteiger charge is -2.14. The molecule has 146 valence electrons. The average Bonchev–Trinajstić information content (AvgIpc) is 3.17. The maximum absolute atomic E-state index is 12.6. The van der Waals surface area contributed by atoms with Gasteiger partial charge in [0.05, 0.1) is 19.8 Å². The number of nitrogens with zero attached hydrogens (tertiary/aromatic N) is 2. The van der Waals surface area contributed by atoms with E-state index in [0.29, 0.717) is 40.9 Å². The minimum atomic E-state index is -0.245. The molecule has 0 radical (unpaired) electrons. The number of hydrogen-bond acceptors (Lipinski definition) is 6. The average molecular weight is 381 g/mol. The van der Waals surface area contributed by atoms with Crippen LogP contribution in [-0.2, 0) is 6.54 Å². The van der Waals surface area contributed by atoms with Crippen LogP contribution in [0.1, 0.15) is 30.0 Å². The van der Waals surface area contributed by atoms with Crippen LogP contribution >= 0.6 is 0 Å². The Balaban J connectivity index is 1.72. The second-order valence-electron chi connectivity index (χ2n) is 6.37. The fourth-order valence-corrected chi connectivity index (χ4v) is 2.58. The van der Waals surface area contributed by atoms with Crippen LogP contribution in [0.2, 0.25) is 0 Å². The summed E-state index contributed by atoms with van der Waals surface area (Å²) in [6.07, 6.45) is 0.0111. The lowest BCUT2D eigenvalue weighted by Crippen LogP contribution is -2.13. The molecular weight excluding hydrogens is 358 g/mol. The Kier molecular flexibility index (Phi) is 5.90. The van der Waals surface area contributed by atoms with Crippen molar-refractivity contribution in [1.29, 1.82) is 0 Å². The predicted octanol–water partition coefficient (Wildman–Crippen LogP) is 2.98. The zero-order chi connectivity index (χ0) is 20.1. The van der Waals surface area contributed by atoms with Crippen LogP contribution in [0, 0.1) is 0 Å². The van der Waals surface area contributed by atoms with E-state index in [1.807, 2.05) is 26.0 Å². The van der Waals surface area contributed by atoms with E-state index in [1.54, 1.807) is 37.4 Å². The van der Waals surface area contributed by atoms with E-state index >= 15 is 0 Å². The number of aromatic nitrogens is 3. The van der Waals surface area contributed by atoms with Crippen molar-refractivity contribution >= 4 is 11.6 Å². The molecule has 0 atom stereocenters. The van der Waals surface area contributed by atoms with Gasteiger partial charge in [-0.2, -0.15) is 5.10 Å². The van der Waals surface area contributed by atoms with Crippen LogP contribution in [0.15, 0.2) is 42.5 Å². The monoisotopic (exact) mass is 381 g/mol. The lowest BCUT2D eigenvalue weighted by molar-refractivity contribution is 0.102. The van der Waals surface area contributed by atoms with Gasteiger partial charge in [-0.05, 0) is 56.3 Å². The van der Waals surface area contributed by atoms with E-state index in [4.69, 9.17) is 15.2 Å².